The maximum atomic E-state index is 4.17. The zero-order valence-corrected chi connectivity index (χ0v) is 44.1. The third-order valence-electron chi connectivity index (χ3n) is 14.4. The van der Waals surface area contributed by atoms with Crippen LogP contribution in [0.2, 0.25) is 0 Å². The maximum absolute atomic E-state index is 4.17. The molecule has 0 saturated heterocycles. The molecule has 0 aromatic heterocycles. The second-order valence-electron chi connectivity index (χ2n) is 20.9. The summed E-state index contributed by atoms with van der Waals surface area (Å²) in [6, 6.07) is 44.5. The van der Waals surface area contributed by atoms with Crippen LogP contribution in [-0.2, 0) is 5.41 Å². The van der Waals surface area contributed by atoms with E-state index in [1.165, 1.54) is 105 Å². The Kier molecular flexibility index (Phi) is 20.2. The number of hydrogen-bond donors (Lipinski definition) is 0. The van der Waals surface area contributed by atoms with Crippen LogP contribution in [0, 0.1) is 11.8 Å². The fourth-order valence-corrected chi connectivity index (χ4v) is 10.3. The first-order valence-electron chi connectivity index (χ1n) is 26.1. The normalized spacial score (nSPS) is 19.1. The van der Waals surface area contributed by atoms with Gasteiger partial charge >= 0.3 is 0 Å². The van der Waals surface area contributed by atoms with E-state index in [0.717, 1.165) is 25.7 Å². The lowest BCUT2D eigenvalue weighted by molar-refractivity contribution is 0.527. The lowest BCUT2D eigenvalue weighted by Crippen LogP contribution is -2.29. The molecule has 0 bridgehead atoms. The fourth-order valence-electron chi connectivity index (χ4n) is 10.3. The number of benzene rings is 6. The number of rotatable bonds is 6. The van der Waals surface area contributed by atoms with Gasteiger partial charge in [0, 0.05) is 11.8 Å². The summed E-state index contributed by atoms with van der Waals surface area (Å²) >= 11 is 0. The van der Waals surface area contributed by atoms with Gasteiger partial charge in [-0.25, -0.2) is 0 Å². The van der Waals surface area contributed by atoms with E-state index in [0.29, 0.717) is 23.7 Å². The Bertz CT molecular complexity index is 3180. The Balaban J connectivity index is 0.000000199. The highest BCUT2D eigenvalue weighted by Crippen LogP contribution is 2.42. The summed E-state index contributed by atoms with van der Waals surface area (Å²) in [7, 11) is 0. The molecule has 0 aliphatic heterocycles. The molecule has 10 rings (SSSR count). The molecule has 1 unspecified atom stereocenters. The van der Waals surface area contributed by atoms with Crippen LogP contribution in [0.5, 0.6) is 0 Å². The Morgan fingerprint density at radius 3 is 2.08 bits per heavy atom. The number of fused-ring (bicyclic) bond motifs is 8. The van der Waals surface area contributed by atoms with E-state index < -0.39 is 0 Å². The minimum Gasteiger partial charge on any atom is -0.0995 e. The van der Waals surface area contributed by atoms with Crippen molar-refractivity contribution in [2.45, 2.75) is 133 Å². The van der Waals surface area contributed by atoms with Crippen LogP contribution in [0.4, 0.5) is 0 Å². The monoisotopic (exact) mass is 951 g/mol. The van der Waals surface area contributed by atoms with E-state index in [4.69, 9.17) is 0 Å². The second-order valence-corrected chi connectivity index (χ2v) is 20.9. The molecule has 4 aliphatic carbocycles. The predicted octanol–water partition coefficient (Wildman–Crippen LogP) is 20.0. The molecule has 0 heterocycles. The SMILES string of the molecule is C.C.C=C(C)C1=CC=C2C=Cc3ccccc3[C@@H]2C1.C=C(C)[C@H]1C=c2cc(C3=C/CC(C)(C)c4ccccc4C(C)/C=C\3)ccc2=CC1.CC/C=C(\c1ccc2ccc3ccccc3c2c1)C(C)C.CCC. The molecule has 0 nitrogen and oxygen atoms in total. The molecule has 374 valence electrons. The molecule has 6 aromatic rings. The highest BCUT2D eigenvalue weighted by molar-refractivity contribution is 6.08. The molecule has 0 radical (unpaired) electrons. The van der Waals surface area contributed by atoms with Gasteiger partial charge < -0.3 is 0 Å². The van der Waals surface area contributed by atoms with Crippen molar-refractivity contribution in [3.8, 4) is 0 Å². The smallest absolute Gasteiger partial charge is 0.0136 e. The molecular weight excluding hydrogens is 865 g/mol. The topological polar surface area (TPSA) is 0 Å². The van der Waals surface area contributed by atoms with Crippen LogP contribution in [0.3, 0.4) is 0 Å². The average Bonchev–Trinajstić information content (AvgIpc) is 3.42. The molecule has 0 saturated carbocycles. The van der Waals surface area contributed by atoms with E-state index in [9.17, 15) is 0 Å². The third-order valence-corrected chi connectivity index (χ3v) is 14.4. The van der Waals surface area contributed by atoms with E-state index in [2.05, 4.69) is 264 Å². The van der Waals surface area contributed by atoms with Gasteiger partial charge in [0.15, 0.2) is 0 Å². The Hall–Kier alpha value is -6.50. The van der Waals surface area contributed by atoms with E-state index in [-0.39, 0.29) is 20.3 Å². The van der Waals surface area contributed by atoms with Gasteiger partial charge in [-0.05, 0) is 157 Å². The summed E-state index contributed by atoms with van der Waals surface area (Å²) < 4.78 is 0. The largest absolute Gasteiger partial charge is 0.0995 e. The van der Waals surface area contributed by atoms with Crippen molar-refractivity contribution >= 4 is 50.9 Å². The molecular formula is C72H86. The van der Waals surface area contributed by atoms with Gasteiger partial charge in [-0.15, -0.1) is 0 Å². The highest BCUT2D eigenvalue weighted by atomic mass is 14.3. The molecule has 0 fully saturated rings. The first-order chi connectivity index (χ1) is 33.7. The summed E-state index contributed by atoms with van der Waals surface area (Å²) in [5, 5.41) is 8.01. The van der Waals surface area contributed by atoms with Crippen molar-refractivity contribution < 1.29 is 0 Å². The predicted molar refractivity (Wildman–Crippen MR) is 325 cm³/mol. The van der Waals surface area contributed by atoms with Gasteiger partial charge in [-0.3, -0.25) is 0 Å². The lowest BCUT2D eigenvalue weighted by atomic mass is 9.76. The molecule has 0 heteroatoms. The standard InChI is InChI=1S/C29H32.C21H22.C17H16.C3H8.2CH4/c1-20(2)24-14-12-22-13-15-25(19-26(22)18-24)23-11-10-21(3)27-8-6-7-9-28(27)29(4,5)17-16-23;1-4-7-19(15(2)3)18-13-12-17-11-10-16-8-5-6-9-20(16)21(17)14-18;1-12(2)15-10-9-14-8-7-13-5-3-4-6-16(13)17(14)11-15;1-3-2;;/h6-13,15-16,18-19,21,24H,1,14,17H2,2-5H3;5-15H,4H2,1-3H3;3-10,17H,1,11H2,2H3;3H2,1-2H3;2*1H4/b11-10-,23-16+;19-7-;;;;/t21?,24-;;17-;;;/m1.1.../s1. The zero-order chi connectivity index (χ0) is 50.0. The lowest BCUT2D eigenvalue weighted by Gasteiger charge is -2.28. The number of allylic oxidation sites excluding steroid dienone is 13. The van der Waals surface area contributed by atoms with Gasteiger partial charge in [0.2, 0.25) is 0 Å². The van der Waals surface area contributed by atoms with Crippen molar-refractivity contribution in [3.05, 3.63) is 243 Å². The number of hydrogen-bond acceptors (Lipinski definition) is 0. The van der Waals surface area contributed by atoms with Crippen molar-refractivity contribution in [2.24, 2.45) is 11.8 Å². The van der Waals surface area contributed by atoms with Crippen LogP contribution >= 0.6 is 0 Å². The Labute approximate surface area is 437 Å². The summed E-state index contributed by atoms with van der Waals surface area (Å²) in [6.07, 6.45) is 28.7. The minimum atomic E-state index is 0. The zero-order valence-electron chi connectivity index (χ0n) is 44.1. The van der Waals surface area contributed by atoms with Crippen LogP contribution in [0.15, 0.2) is 199 Å². The van der Waals surface area contributed by atoms with E-state index in [1.807, 2.05) is 0 Å². The maximum Gasteiger partial charge on any atom is 0.0136 e. The van der Waals surface area contributed by atoms with Crippen molar-refractivity contribution in [1.29, 1.82) is 0 Å². The summed E-state index contributed by atoms with van der Waals surface area (Å²) in [6.45, 7) is 30.5. The van der Waals surface area contributed by atoms with Crippen molar-refractivity contribution in [2.75, 3.05) is 0 Å². The molecule has 0 N–H and O–H groups in total. The van der Waals surface area contributed by atoms with Crippen LogP contribution in [-0.4, -0.2) is 0 Å². The van der Waals surface area contributed by atoms with Gasteiger partial charge in [-0.1, -0.05) is 271 Å². The van der Waals surface area contributed by atoms with Gasteiger partial charge in [-0.2, -0.15) is 0 Å². The average molecular weight is 951 g/mol. The molecule has 3 atom stereocenters. The Morgan fingerprint density at radius 1 is 0.708 bits per heavy atom. The molecule has 6 aromatic carbocycles. The van der Waals surface area contributed by atoms with Crippen LogP contribution in [0.1, 0.15) is 161 Å². The molecule has 72 heavy (non-hydrogen) atoms. The summed E-state index contributed by atoms with van der Waals surface area (Å²) in [5.74, 6) is 1.93. The first-order valence-corrected chi connectivity index (χ1v) is 26.1. The van der Waals surface area contributed by atoms with Gasteiger partial charge in [0.1, 0.15) is 0 Å². The molecule has 0 spiro atoms. The van der Waals surface area contributed by atoms with Gasteiger partial charge in [0.05, 0.1) is 0 Å². The highest BCUT2D eigenvalue weighted by Gasteiger charge is 2.26. The van der Waals surface area contributed by atoms with Crippen LogP contribution < -0.4 is 10.4 Å². The second kappa shape index (κ2) is 25.7. The van der Waals surface area contributed by atoms with E-state index in [1.54, 1.807) is 0 Å². The molecule has 0 amide bonds. The summed E-state index contributed by atoms with van der Waals surface area (Å²) in [5.41, 5.74) is 16.5. The van der Waals surface area contributed by atoms with Crippen LogP contribution in [0.25, 0.3) is 50.9 Å². The fraction of sp³-hybridized carbons (Fsp3) is 0.306. The Morgan fingerprint density at radius 2 is 1.38 bits per heavy atom. The van der Waals surface area contributed by atoms with Crippen molar-refractivity contribution in [1.82, 2.24) is 0 Å². The summed E-state index contributed by atoms with van der Waals surface area (Å²) in [4.78, 5) is 0. The van der Waals surface area contributed by atoms with Crippen molar-refractivity contribution in [3.63, 3.8) is 0 Å². The minimum absolute atomic E-state index is 0. The third kappa shape index (κ3) is 13.3. The molecule has 4 aliphatic rings. The van der Waals surface area contributed by atoms with E-state index >= 15 is 0 Å². The van der Waals surface area contributed by atoms with Gasteiger partial charge in [0.25, 0.3) is 0 Å². The first kappa shape index (κ1) is 56.4. The quantitative estimate of drug-likeness (QED) is 0.115.